The van der Waals surface area contributed by atoms with Crippen molar-refractivity contribution in [3.8, 4) is 0 Å². The fourth-order valence-corrected chi connectivity index (χ4v) is 0. The second-order valence-corrected chi connectivity index (χ2v) is 0.805. The predicted octanol–water partition coefficient (Wildman–Crippen LogP) is -1.44. The number of hydrogen-bond donors (Lipinski definition) is 6. The number of nitrogens with two attached hydrogens (primary N) is 4. The van der Waals surface area contributed by atoms with Gasteiger partial charge in [0, 0.05) is 65.4 Å². The molecule has 14 N–H and O–H groups in total. The van der Waals surface area contributed by atoms with Crippen molar-refractivity contribution in [1.82, 2.24) is 12.3 Å². The first kappa shape index (κ1) is 37.6. The van der Waals surface area contributed by atoms with E-state index in [1.165, 1.54) is 6.54 Å². The Bertz CT molecular complexity index is 46.8. The van der Waals surface area contributed by atoms with Crippen LogP contribution in [-0.2, 0) is 65.4 Å². The molecule has 0 aliphatic heterocycles. The molecular weight excluding hydrogens is 310 g/mol. The average Bonchev–Trinajstić information content (AvgIpc) is 1.88. The Kier molecular flexibility index (Phi) is 174. The minimum absolute atomic E-state index is 0. The van der Waals surface area contributed by atoms with Gasteiger partial charge in [0.25, 0.3) is 0 Å². The van der Waals surface area contributed by atoms with Crippen molar-refractivity contribution in [2.45, 2.75) is 0 Å². The summed E-state index contributed by atoms with van der Waals surface area (Å²) in [6.45, 7) is 1.88. The topological polar surface area (TPSA) is 174 Å². The molecule has 0 amide bonds. The van der Waals surface area contributed by atoms with Gasteiger partial charge >= 0.3 is 0 Å². The van der Waals surface area contributed by atoms with E-state index in [0.717, 1.165) is 6.20 Å². The summed E-state index contributed by atoms with van der Waals surface area (Å²) < 4.78 is 0. The third-order valence-electron chi connectivity index (χ3n) is 0.232. The zero-order chi connectivity index (χ0) is 6.83. The SMILES string of the molecule is N.N.N[C-]=CN.N[CH-]CN.[Y].[Y]. The normalized spacial score (nSPS) is 5.50. The van der Waals surface area contributed by atoms with Crippen LogP contribution in [0.4, 0.5) is 0 Å². The Labute approximate surface area is 125 Å². The van der Waals surface area contributed by atoms with E-state index in [1.807, 2.05) is 0 Å². The molecule has 0 aliphatic rings. The minimum atomic E-state index is 0. The predicted molar refractivity (Wildman–Crippen MR) is 43.8 cm³/mol. The molecule has 0 fully saturated rings. The van der Waals surface area contributed by atoms with Crippen molar-refractivity contribution in [2.75, 3.05) is 6.54 Å². The first-order valence-corrected chi connectivity index (χ1v) is 2.06. The van der Waals surface area contributed by atoms with Crippen LogP contribution < -0.4 is 35.2 Å². The van der Waals surface area contributed by atoms with Gasteiger partial charge in [0.1, 0.15) is 0 Å². The second-order valence-electron chi connectivity index (χ2n) is 0.805. The van der Waals surface area contributed by atoms with E-state index >= 15 is 0 Å². The monoisotopic (exact) mass is 328 g/mol. The molecule has 2 radical (unpaired) electrons. The fraction of sp³-hybridized carbons (Fsp3) is 0.250. The average molecular weight is 328 g/mol. The van der Waals surface area contributed by atoms with Gasteiger partial charge in [0.05, 0.1) is 0 Å². The standard InChI is InChI=1S/C2H7N2.C2H5N2.2H3N.2Y/c2*3-1-2-4;;;;/h1H,2-4H2;1H,3-4H2;2*1H3;;/q2*-1;;;;. The molecule has 0 saturated carbocycles. The van der Waals surface area contributed by atoms with Gasteiger partial charge in [-0.05, 0) is 0 Å². The van der Waals surface area contributed by atoms with Crippen molar-refractivity contribution in [1.29, 1.82) is 0 Å². The molecule has 8 heteroatoms. The van der Waals surface area contributed by atoms with Gasteiger partial charge in [-0.1, -0.05) is 0 Å². The van der Waals surface area contributed by atoms with Crippen LogP contribution in [0.25, 0.3) is 0 Å². The molecule has 72 valence electrons. The third kappa shape index (κ3) is 107. The van der Waals surface area contributed by atoms with Crippen LogP contribution in [0, 0.1) is 12.7 Å². The molecule has 0 spiro atoms. The van der Waals surface area contributed by atoms with Gasteiger partial charge in [0.2, 0.25) is 0 Å². The minimum Gasteiger partial charge on any atom is -0.579 e. The van der Waals surface area contributed by atoms with E-state index in [9.17, 15) is 0 Å². The molecule has 0 unspecified atom stereocenters. The Balaban J connectivity index is -0.0000000112. The van der Waals surface area contributed by atoms with Crippen molar-refractivity contribution in [2.24, 2.45) is 22.9 Å². The van der Waals surface area contributed by atoms with Crippen LogP contribution in [0.3, 0.4) is 0 Å². The number of hydrogen-bond acceptors (Lipinski definition) is 6. The zero-order valence-corrected chi connectivity index (χ0v) is 12.9. The summed E-state index contributed by atoms with van der Waals surface area (Å²) in [6.07, 6.45) is 3.24. The fourth-order valence-electron chi connectivity index (χ4n) is 0. The van der Waals surface area contributed by atoms with Crippen molar-refractivity contribution in [3.05, 3.63) is 18.9 Å². The molecule has 0 aromatic carbocycles. The molecule has 6 nitrogen and oxygen atoms in total. The largest absolute Gasteiger partial charge is 0.579 e. The van der Waals surface area contributed by atoms with E-state index in [0.29, 0.717) is 6.54 Å². The molecular formula is C4H18N6Y2-2. The van der Waals surface area contributed by atoms with Gasteiger partial charge in [-0.25, -0.2) is 0 Å². The first-order valence-electron chi connectivity index (χ1n) is 2.06. The van der Waals surface area contributed by atoms with E-state index in [-0.39, 0.29) is 77.7 Å². The molecule has 0 bridgehead atoms. The maximum Gasteiger partial charge on any atom is 0 e. The van der Waals surface area contributed by atoms with Gasteiger partial charge in [-0.3, -0.25) is 6.54 Å². The Morgan fingerprint density at radius 1 is 1.25 bits per heavy atom. The molecule has 0 atom stereocenters. The van der Waals surface area contributed by atoms with Crippen LogP contribution in [-0.4, -0.2) is 6.54 Å². The summed E-state index contributed by atoms with van der Waals surface area (Å²) in [7, 11) is 0. The Morgan fingerprint density at radius 3 is 1.42 bits per heavy atom. The van der Waals surface area contributed by atoms with Crippen molar-refractivity contribution < 1.29 is 65.4 Å². The molecule has 0 rings (SSSR count). The van der Waals surface area contributed by atoms with Gasteiger partial charge in [-0.2, -0.15) is 6.20 Å². The second kappa shape index (κ2) is 55.3. The molecule has 0 heterocycles. The van der Waals surface area contributed by atoms with Crippen LogP contribution in [0.1, 0.15) is 0 Å². The quantitative estimate of drug-likeness (QED) is 0.254. The van der Waals surface area contributed by atoms with Crippen LogP contribution in [0.5, 0.6) is 0 Å². The zero-order valence-electron chi connectivity index (χ0n) is 7.24. The summed E-state index contributed by atoms with van der Waals surface area (Å²) >= 11 is 0. The summed E-state index contributed by atoms with van der Waals surface area (Å²) in [4.78, 5) is 0. The Hall–Kier alpha value is 1.39. The first-order chi connectivity index (χ1) is 3.83. The van der Waals surface area contributed by atoms with Gasteiger partial charge < -0.3 is 41.4 Å². The van der Waals surface area contributed by atoms with E-state index in [2.05, 4.69) is 17.7 Å². The van der Waals surface area contributed by atoms with Crippen LogP contribution >= 0.6 is 0 Å². The molecule has 0 aromatic rings. The molecule has 0 aromatic heterocycles. The Morgan fingerprint density at radius 2 is 1.42 bits per heavy atom. The van der Waals surface area contributed by atoms with Crippen molar-refractivity contribution in [3.63, 3.8) is 0 Å². The van der Waals surface area contributed by atoms with Crippen LogP contribution in [0.2, 0.25) is 0 Å². The smallest absolute Gasteiger partial charge is 0 e. The summed E-state index contributed by atoms with van der Waals surface area (Å²) in [5, 5.41) is 0. The van der Waals surface area contributed by atoms with Gasteiger partial charge in [0.15, 0.2) is 0 Å². The van der Waals surface area contributed by atoms with Crippen molar-refractivity contribution >= 4 is 0 Å². The number of rotatable bonds is 1. The third-order valence-corrected chi connectivity index (χ3v) is 0.232. The van der Waals surface area contributed by atoms with Gasteiger partial charge in [-0.15, -0.1) is 6.54 Å². The van der Waals surface area contributed by atoms with E-state index < -0.39 is 0 Å². The summed E-state index contributed by atoms with van der Waals surface area (Å²) in [5.74, 6) is 0. The molecule has 0 saturated heterocycles. The van der Waals surface area contributed by atoms with Crippen LogP contribution in [0.15, 0.2) is 6.20 Å². The maximum absolute atomic E-state index is 4.85. The molecule has 12 heavy (non-hydrogen) atoms. The summed E-state index contributed by atoms with van der Waals surface area (Å²) in [6, 6.07) is 0. The van der Waals surface area contributed by atoms with E-state index in [1.54, 1.807) is 0 Å². The molecule has 0 aliphatic carbocycles. The van der Waals surface area contributed by atoms with E-state index in [4.69, 9.17) is 11.5 Å². The summed E-state index contributed by atoms with van der Waals surface area (Å²) in [5.41, 5.74) is 18.9. The maximum atomic E-state index is 4.85.